The summed E-state index contributed by atoms with van der Waals surface area (Å²) in [4.78, 5) is 6.85. The van der Waals surface area contributed by atoms with Gasteiger partial charge in [0.1, 0.15) is 0 Å². The minimum Gasteiger partial charge on any atom is -0.320 e. The van der Waals surface area contributed by atoms with Crippen LogP contribution in [0, 0.1) is 6.92 Å². The van der Waals surface area contributed by atoms with Gasteiger partial charge in [-0.1, -0.05) is 17.7 Å². The SMILES string of the molecule is C/C(=C\n1c2c(c3cc(Cl)ccc31)CN(C)C(C)C2)c1ccc(C)nc1. The van der Waals surface area contributed by atoms with E-state index >= 15 is 0 Å². The Morgan fingerprint density at radius 1 is 1.27 bits per heavy atom. The lowest BCUT2D eigenvalue weighted by molar-refractivity contribution is 0.230. The van der Waals surface area contributed by atoms with Crippen LogP contribution in [0.25, 0.3) is 22.7 Å². The van der Waals surface area contributed by atoms with E-state index in [4.69, 9.17) is 11.6 Å². The van der Waals surface area contributed by atoms with Gasteiger partial charge in [0.25, 0.3) is 0 Å². The van der Waals surface area contributed by atoms with Crippen molar-refractivity contribution in [1.29, 1.82) is 0 Å². The summed E-state index contributed by atoms with van der Waals surface area (Å²) in [5.74, 6) is 0. The first-order chi connectivity index (χ1) is 12.4. The molecule has 3 nitrogen and oxygen atoms in total. The van der Waals surface area contributed by atoms with Crippen LogP contribution in [0.4, 0.5) is 0 Å². The molecule has 3 heterocycles. The van der Waals surface area contributed by atoms with Gasteiger partial charge < -0.3 is 4.57 Å². The highest BCUT2D eigenvalue weighted by Crippen LogP contribution is 2.35. The summed E-state index contributed by atoms with van der Waals surface area (Å²) in [7, 11) is 2.19. The zero-order valence-electron chi connectivity index (χ0n) is 15.8. The van der Waals surface area contributed by atoms with E-state index in [1.165, 1.54) is 27.7 Å². The number of hydrogen-bond acceptors (Lipinski definition) is 2. The molecule has 0 aliphatic carbocycles. The number of halogens is 1. The Bertz CT molecular complexity index is 998. The van der Waals surface area contributed by atoms with Gasteiger partial charge in [-0.3, -0.25) is 9.88 Å². The zero-order valence-corrected chi connectivity index (χ0v) is 16.5. The number of aryl methyl sites for hydroxylation is 1. The van der Waals surface area contributed by atoms with Gasteiger partial charge in [0, 0.05) is 53.2 Å². The average Bonchev–Trinajstić information content (AvgIpc) is 2.88. The molecule has 1 aliphatic rings. The van der Waals surface area contributed by atoms with Crippen molar-refractivity contribution in [1.82, 2.24) is 14.5 Å². The van der Waals surface area contributed by atoms with E-state index in [-0.39, 0.29) is 0 Å². The van der Waals surface area contributed by atoms with E-state index in [0.29, 0.717) is 6.04 Å². The van der Waals surface area contributed by atoms with E-state index in [9.17, 15) is 0 Å². The van der Waals surface area contributed by atoms with Gasteiger partial charge in [0.2, 0.25) is 0 Å². The van der Waals surface area contributed by atoms with E-state index in [2.05, 4.69) is 65.8 Å². The molecule has 0 N–H and O–H groups in total. The molecule has 3 aromatic rings. The molecule has 26 heavy (non-hydrogen) atoms. The lowest BCUT2D eigenvalue weighted by atomic mass is 10.00. The van der Waals surface area contributed by atoms with Crippen molar-refractivity contribution in [3.05, 3.63) is 64.1 Å². The number of allylic oxidation sites excluding steroid dienone is 1. The topological polar surface area (TPSA) is 21.1 Å². The number of fused-ring (bicyclic) bond motifs is 3. The lowest BCUT2D eigenvalue weighted by Gasteiger charge is -2.30. The zero-order chi connectivity index (χ0) is 18.4. The third-order valence-electron chi connectivity index (χ3n) is 5.52. The van der Waals surface area contributed by atoms with Gasteiger partial charge in [-0.25, -0.2) is 0 Å². The standard InChI is InChI=1S/C22H24ClN3/c1-14(17-6-5-15(2)24-11-17)12-26-21-8-7-18(23)10-19(21)20-13-25(4)16(3)9-22(20)26/h5-8,10-12,16H,9,13H2,1-4H3/b14-12+. The highest BCUT2D eigenvalue weighted by Gasteiger charge is 2.26. The van der Waals surface area contributed by atoms with Crippen LogP contribution in [-0.4, -0.2) is 27.5 Å². The van der Waals surface area contributed by atoms with Crippen molar-refractivity contribution >= 4 is 34.3 Å². The summed E-state index contributed by atoms with van der Waals surface area (Å²) in [5.41, 5.74) is 7.42. The minimum atomic E-state index is 0.524. The summed E-state index contributed by atoms with van der Waals surface area (Å²) < 4.78 is 2.36. The molecule has 1 aromatic carbocycles. The Kier molecular flexibility index (Phi) is 4.37. The Morgan fingerprint density at radius 2 is 2.08 bits per heavy atom. The van der Waals surface area contributed by atoms with Crippen LogP contribution < -0.4 is 0 Å². The van der Waals surface area contributed by atoms with Crippen molar-refractivity contribution in [3.63, 3.8) is 0 Å². The maximum atomic E-state index is 6.31. The number of rotatable bonds is 2. The van der Waals surface area contributed by atoms with Crippen LogP contribution in [0.15, 0.2) is 36.5 Å². The van der Waals surface area contributed by atoms with Gasteiger partial charge in [-0.15, -0.1) is 0 Å². The molecular formula is C22H24ClN3. The smallest absolute Gasteiger partial charge is 0.0529 e. The summed E-state index contributed by atoms with van der Waals surface area (Å²) in [6.45, 7) is 7.41. The van der Waals surface area contributed by atoms with Gasteiger partial charge in [0.15, 0.2) is 0 Å². The van der Waals surface area contributed by atoms with Crippen LogP contribution in [0.3, 0.4) is 0 Å². The first kappa shape index (κ1) is 17.3. The van der Waals surface area contributed by atoms with E-state index in [1.807, 2.05) is 19.2 Å². The number of benzene rings is 1. The summed E-state index contributed by atoms with van der Waals surface area (Å²) in [6, 6.07) is 10.9. The molecule has 1 aliphatic heterocycles. The molecule has 1 unspecified atom stereocenters. The van der Waals surface area contributed by atoms with Crippen LogP contribution in [0.1, 0.15) is 36.4 Å². The second-order valence-electron chi connectivity index (χ2n) is 7.43. The molecule has 4 heteroatoms. The maximum absolute atomic E-state index is 6.31. The number of likely N-dealkylation sites (N-methyl/N-ethyl adjacent to an activating group) is 1. The van der Waals surface area contributed by atoms with Crippen molar-refractivity contribution in [2.45, 2.75) is 39.8 Å². The van der Waals surface area contributed by atoms with Crippen LogP contribution in [0.5, 0.6) is 0 Å². The van der Waals surface area contributed by atoms with Gasteiger partial charge in [0.05, 0.1) is 5.52 Å². The molecular weight excluding hydrogens is 342 g/mol. The molecule has 0 fully saturated rings. The molecule has 0 spiro atoms. The second kappa shape index (κ2) is 6.57. The summed E-state index contributed by atoms with van der Waals surface area (Å²) in [5, 5.41) is 2.06. The maximum Gasteiger partial charge on any atom is 0.0529 e. The van der Waals surface area contributed by atoms with Crippen molar-refractivity contribution in [2.75, 3.05) is 7.05 Å². The molecule has 1 atom stereocenters. The van der Waals surface area contributed by atoms with E-state index in [1.54, 1.807) is 0 Å². The molecule has 134 valence electrons. The van der Waals surface area contributed by atoms with Crippen LogP contribution in [0.2, 0.25) is 5.02 Å². The largest absolute Gasteiger partial charge is 0.320 e. The fourth-order valence-electron chi connectivity index (χ4n) is 3.76. The van der Waals surface area contributed by atoms with Crippen molar-refractivity contribution in [2.24, 2.45) is 0 Å². The number of hydrogen-bond donors (Lipinski definition) is 0. The predicted molar refractivity (Wildman–Crippen MR) is 110 cm³/mol. The number of nitrogens with zero attached hydrogens (tertiary/aromatic N) is 3. The molecule has 0 saturated heterocycles. The second-order valence-corrected chi connectivity index (χ2v) is 7.86. The summed E-state index contributed by atoms with van der Waals surface area (Å²) >= 11 is 6.31. The normalized spacial score (nSPS) is 18.3. The minimum absolute atomic E-state index is 0.524. The number of aromatic nitrogens is 2. The highest BCUT2D eigenvalue weighted by molar-refractivity contribution is 6.31. The number of pyridine rings is 1. The Hall–Kier alpha value is -2.10. The molecule has 4 rings (SSSR count). The quantitative estimate of drug-likeness (QED) is 0.606. The molecule has 2 aromatic heterocycles. The fourth-order valence-corrected chi connectivity index (χ4v) is 3.93. The van der Waals surface area contributed by atoms with Gasteiger partial charge in [-0.05, 0) is 68.8 Å². The molecule has 0 saturated carbocycles. The monoisotopic (exact) mass is 365 g/mol. The lowest BCUT2D eigenvalue weighted by Crippen LogP contribution is -2.35. The van der Waals surface area contributed by atoms with E-state index < -0.39 is 0 Å². The Labute approximate surface area is 159 Å². The molecule has 0 radical (unpaired) electrons. The Balaban J connectivity index is 1.90. The predicted octanol–water partition coefficient (Wildman–Crippen LogP) is 5.39. The third-order valence-corrected chi connectivity index (χ3v) is 5.76. The third kappa shape index (κ3) is 2.95. The van der Waals surface area contributed by atoms with Gasteiger partial charge in [-0.2, -0.15) is 0 Å². The van der Waals surface area contributed by atoms with Crippen LogP contribution in [-0.2, 0) is 13.0 Å². The Morgan fingerprint density at radius 3 is 2.81 bits per heavy atom. The first-order valence-corrected chi connectivity index (χ1v) is 9.44. The van der Waals surface area contributed by atoms with E-state index in [0.717, 1.165) is 29.2 Å². The molecule has 0 bridgehead atoms. The summed E-state index contributed by atoms with van der Waals surface area (Å²) in [6.07, 6.45) is 5.24. The van der Waals surface area contributed by atoms with Gasteiger partial charge >= 0.3 is 0 Å². The highest BCUT2D eigenvalue weighted by atomic mass is 35.5. The van der Waals surface area contributed by atoms with Crippen molar-refractivity contribution < 1.29 is 0 Å². The van der Waals surface area contributed by atoms with Crippen molar-refractivity contribution in [3.8, 4) is 0 Å². The average molecular weight is 366 g/mol. The molecule has 0 amide bonds. The van der Waals surface area contributed by atoms with Crippen LogP contribution >= 0.6 is 11.6 Å². The first-order valence-electron chi connectivity index (χ1n) is 9.07. The fraction of sp³-hybridized carbons (Fsp3) is 0.318.